The van der Waals surface area contributed by atoms with Crippen LogP contribution in [0.2, 0.25) is 0 Å². The van der Waals surface area contributed by atoms with Crippen molar-refractivity contribution in [1.29, 1.82) is 0 Å². The number of allylic oxidation sites excluding steroid dienone is 1. The maximum absolute atomic E-state index is 11.8. The van der Waals surface area contributed by atoms with Gasteiger partial charge in [-0.15, -0.1) is 0 Å². The fourth-order valence-corrected chi connectivity index (χ4v) is 2.83. The van der Waals surface area contributed by atoms with Gasteiger partial charge in [-0.3, -0.25) is 4.79 Å². The Balaban J connectivity index is 2.08. The van der Waals surface area contributed by atoms with E-state index in [0.29, 0.717) is 23.6 Å². The van der Waals surface area contributed by atoms with Crippen molar-refractivity contribution in [3.63, 3.8) is 0 Å². The third-order valence-corrected chi connectivity index (χ3v) is 3.64. The van der Waals surface area contributed by atoms with Gasteiger partial charge >= 0.3 is 0 Å². The summed E-state index contributed by atoms with van der Waals surface area (Å²) in [7, 11) is 0. The van der Waals surface area contributed by atoms with Crippen LogP contribution >= 0.6 is 11.8 Å². The van der Waals surface area contributed by atoms with Crippen LogP contribution in [0.1, 0.15) is 25.7 Å². The molecule has 0 spiro atoms. The molecule has 14 heavy (non-hydrogen) atoms. The summed E-state index contributed by atoms with van der Waals surface area (Å²) < 4.78 is 0. The molecule has 2 rings (SSSR count). The molecule has 0 radical (unpaired) electrons. The second kappa shape index (κ2) is 4.49. The van der Waals surface area contributed by atoms with Gasteiger partial charge in [0.2, 0.25) is 0 Å². The number of hydrogen-bond donors (Lipinski definition) is 1. The van der Waals surface area contributed by atoms with Crippen molar-refractivity contribution in [1.82, 2.24) is 5.32 Å². The van der Waals surface area contributed by atoms with E-state index >= 15 is 0 Å². The smallest absolute Gasteiger partial charge is 0.169 e. The summed E-state index contributed by atoms with van der Waals surface area (Å²) in [5.74, 6) is 0.965. The van der Waals surface area contributed by atoms with Gasteiger partial charge in [-0.1, -0.05) is 6.08 Å². The fraction of sp³-hybridized carbons (Fsp3) is 0.727. The molecule has 1 N–H and O–H groups in total. The quantitative estimate of drug-likeness (QED) is 0.771. The van der Waals surface area contributed by atoms with Crippen LogP contribution in [0.25, 0.3) is 0 Å². The van der Waals surface area contributed by atoms with Gasteiger partial charge in [0.25, 0.3) is 0 Å². The van der Waals surface area contributed by atoms with Crippen molar-refractivity contribution in [2.75, 3.05) is 12.0 Å². The van der Waals surface area contributed by atoms with Gasteiger partial charge < -0.3 is 5.32 Å². The number of Topliss-reactive ketones (excluding diaryl/α,β-unsaturated/α-hetero) is 1. The lowest BCUT2D eigenvalue weighted by molar-refractivity contribution is -0.113. The molecule has 78 valence electrons. The number of carbonyl (C=O) groups is 1. The Morgan fingerprint density at radius 1 is 1.57 bits per heavy atom. The lowest BCUT2D eigenvalue weighted by Gasteiger charge is -2.13. The summed E-state index contributed by atoms with van der Waals surface area (Å²) in [5.41, 5.74) is 1.05. The predicted octanol–water partition coefficient (Wildman–Crippen LogP) is 1.76. The zero-order chi connectivity index (χ0) is 9.97. The Kier molecular flexibility index (Phi) is 3.29. The first-order valence-electron chi connectivity index (χ1n) is 5.29. The van der Waals surface area contributed by atoms with E-state index in [0.717, 1.165) is 18.4 Å². The highest BCUT2D eigenvalue weighted by Gasteiger charge is 2.30. The first kappa shape index (κ1) is 10.2. The largest absolute Gasteiger partial charge is 0.307 e. The molecule has 3 heteroatoms. The summed E-state index contributed by atoms with van der Waals surface area (Å²) in [5, 5.41) is 3.54. The molecule has 2 bridgehead atoms. The van der Waals surface area contributed by atoms with Gasteiger partial charge in [0, 0.05) is 17.7 Å². The molecule has 0 amide bonds. The van der Waals surface area contributed by atoms with Crippen LogP contribution in [0.4, 0.5) is 0 Å². The molecule has 0 unspecified atom stereocenters. The van der Waals surface area contributed by atoms with E-state index < -0.39 is 0 Å². The standard InChI is InChI=1S/C11H17NOS/c1-14-7-11(13)9-4-2-3-8-5-6-10(9)12-8/h4,8,10,12H,2-3,5-7H2,1H3/t8-,10-/m1/s1. The monoisotopic (exact) mass is 211 g/mol. The number of carbonyl (C=O) groups excluding carboxylic acids is 1. The first-order valence-corrected chi connectivity index (χ1v) is 6.69. The maximum Gasteiger partial charge on any atom is 0.169 e. The number of rotatable bonds is 3. The molecule has 2 aliphatic heterocycles. The zero-order valence-corrected chi connectivity index (χ0v) is 9.40. The van der Waals surface area contributed by atoms with Crippen LogP contribution in [0.5, 0.6) is 0 Å². The number of ketones is 1. The molecule has 2 nitrogen and oxygen atoms in total. The summed E-state index contributed by atoms with van der Waals surface area (Å²) in [6, 6.07) is 1.03. The van der Waals surface area contributed by atoms with E-state index in [-0.39, 0.29) is 0 Å². The molecule has 0 aromatic rings. The molecular formula is C11H17NOS. The molecule has 0 saturated carbocycles. The van der Waals surface area contributed by atoms with Gasteiger partial charge in [0.05, 0.1) is 5.75 Å². The van der Waals surface area contributed by atoms with Gasteiger partial charge in [0.15, 0.2) is 5.78 Å². The van der Waals surface area contributed by atoms with E-state index in [2.05, 4.69) is 11.4 Å². The molecule has 1 fully saturated rings. The van der Waals surface area contributed by atoms with Crippen molar-refractivity contribution in [3.05, 3.63) is 11.6 Å². The van der Waals surface area contributed by atoms with Crippen LogP contribution in [0.3, 0.4) is 0 Å². The minimum Gasteiger partial charge on any atom is -0.307 e. The highest BCUT2D eigenvalue weighted by molar-refractivity contribution is 7.99. The summed E-state index contributed by atoms with van der Waals surface area (Å²) >= 11 is 1.62. The minimum absolute atomic E-state index is 0.331. The van der Waals surface area contributed by atoms with Crippen LogP contribution < -0.4 is 5.32 Å². The van der Waals surface area contributed by atoms with Crippen molar-refractivity contribution >= 4 is 17.5 Å². The van der Waals surface area contributed by atoms with Crippen LogP contribution in [0, 0.1) is 0 Å². The second-order valence-corrected chi connectivity index (χ2v) is 4.95. The Labute approximate surface area is 89.5 Å². The average molecular weight is 211 g/mol. The molecule has 2 aliphatic rings. The van der Waals surface area contributed by atoms with E-state index in [4.69, 9.17) is 0 Å². The van der Waals surface area contributed by atoms with Crippen molar-refractivity contribution < 1.29 is 4.79 Å². The Bertz CT molecular complexity index is 262. The van der Waals surface area contributed by atoms with E-state index in [1.54, 1.807) is 11.8 Å². The Morgan fingerprint density at radius 3 is 3.21 bits per heavy atom. The molecule has 0 aliphatic carbocycles. The van der Waals surface area contributed by atoms with Crippen LogP contribution in [0.15, 0.2) is 11.6 Å². The number of thioether (sulfide) groups is 1. The maximum atomic E-state index is 11.8. The normalized spacial score (nSPS) is 31.1. The molecule has 2 heterocycles. The van der Waals surface area contributed by atoms with E-state index in [9.17, 15) is 4.79 Å². The van der Waals surface area contributed by atoms with Gasteiger partial charge in [-0.2, -0.15) is 11.8 Å². The Hall–Kier alpha value is -0.280. The van der Waals surface area contributed by atoms with Gasteiger partial charge in [-0.05, 0) is 31.9 Å². The zero-order valence-electron chi connectivity index (χ0n) is 8.58. The van der Waals surface area contributed by atoms with Gasteiger partial charge in [-0.25, -0.2) is 0 Å². The van der Waals surface area contributed by atoms with Crippen LogP contribution in [-0.4, -0.2) is 29.9 Å². The molecular weight excluding hydrogens is 194 g/mol. The highest BCUT2D eigenvalue weighted by atomic mass is 32.2. The SMILES string of the molecule is CSCC(=O)C1=CCC[C@@H]2CC[C@H]1N2. The van der Waals surface area contributed by atoms with E-state index in [1.807, 2.05) is 6.26 Å². The lowest BCUT2D eigenvalue weighted by atomic mass is 9.97. The fourth-order valence-electron chi connectivity index (χ4n) is 2.40. The topological polar surface area (TPSA) is 29.1 Å². The molecule has 1 saturated heterocycles. The predicted molar refractivity (Wildman–Crippen MR) is 60.7 cm³/mol. The number of fused-ring (bicyclic) bond motifs is 2. The van der Waals surface area contributed by atoms with Crippen molar-refractivity contribution in [2.45, 2.75) is 37.8 Å². The first-order chi connectivity index (χ1) is 6.81. The van der Waals surface area contributed by atoms with Crippen LogP contribution in [-0.2, 0) is 4.79 Å². The number of nitrogens with one attached hydrogen (secondary N) is 1. The summed E-state index contributed by atoms with van der Waals surface area (Å²) in [4.78, 5) is 11.8. The Morgan fingerprint density at radius 2 is 2.43 bits per heavy atom. The highest BCUT2D eigenvalue weighted by Crippen LogP contribution is 2.26. The minimum atomic E-state index is 0.331. The molecule has 0 aromatic heterocycles. The molecule has 0 aromatic carbocycles. The summed E-state index contributed by atoms with van der Waals surface area (Å²) in [6.45, 7) is 0. The second-order valence-electron chi connectivity index (χ2n) is 4.09. The van der Waals surface area contributed by atoms with Crippen molar-refractivity contribution in [3.8, 4) is 0 Å². The van der Waals surface area contributed by atoms with E-state index in [1.165, 1.54) is 12.8 Å². The van der Waals surface area contributed by atoms with Crippen molar-refractivity contribution in [2.24, 2.45) is 0 Å². The summed E-state index contributed by atoms with van der Waals surface area (Å²) in [6.07, 6.45) is 8.82. The molecule has 2 atom stereocenters. The number of hydrogen-bond acceptors (Lipinski definition) is 3. The van der Waals surface area contributed by atoms with Gasteiger partial charge in [0.1, 0.15) is 0 Å². The average Bonchev–Trinajstić information content (AvgIpc) is 2.47. The third-order valence-electron chi connectivity index (χ3n) is 3.09. The lowest BCUT2D eigenvalue weighted by Crippen LogP contribution is -2.31. The third kappa shape index (κ3) is 2.04.